The molecule has 1 unspecified atom stereocenters. The minimum absolute atomic E-state index is 0.00316. The number of ether oxygens (including phenoxy) is 4. The van der Waals surface area contributed by atoms with Gasteiger partial charge in [0.1, 0.15) is 12.7 Å². The summed E-state index contributed by atoms with van der Waals surface area (Å²) in [5, 5.41) is 0. The first-order valence-corrected chi connectivity index (χ1v) is 10.6. The van der Waals surface area contributed by atoms with Crippen molar-refractivity contribution in [2.45, 2.75) is 19.4 Å². The lowest BCUT2D eigenvalue weighted by Gasteiger charge is -2.33. The Labute approximate surface area is 189 Å². The molecule has 0 N–H and O–H groups in total. The van der Waals surface area contributed by atoms with Crippen molar-refractivity contribution in [1.29, 1.82) is 0 Å². The van der Waals surface area contributed by atoms with E-state index in [1.807, 2.05) is 6.07 Å². The maximum Gasteiger partial charge on any atom is 0.227 e. The van der Waals surface area contributed by atoms with Crippen molar-refractivity contribution in [3.05, 3.63) is 46.2 Å². The zero-order valence-corrected chi connectivity index (χ0v) is 19.3. The second-order valence-corrected chi connectivity index (χ2v) is 7.98. The molecule has 1 aromatic carbocycles. The van der Waals surface area contributed by atoms with E-state index in [-0.39, 0.29) is 30.8 Å². The molecule has 0 saturated carbocycles. The van der Waals surface area contributed by atoms with Crippen molar-refractivity contribution < 1.29 is 28.5 Å². The first-order chi connectivity index (χ1) is 14.9. The predicted molar refractivity (Wildman–Crippen MR) is 117 cm³/mol. The Hall–Kier alpha value is -2.65. The molecule has 2 aromatic rings. The first kappa shape index (κ1) is 23.0. The van der Waals surface area contributed by atoms with Crippen molar-refractivity contribution in [2.75, 3.05) is 40.5 Å². The summed E-state index contributed by atoms with van der Waals surface area (Å²) in [5.41, 5.74) is 1.23. The topological polar surface area (TPSA) is 87.2 Å². The van der Waals surface area contributed by atoms with E-state index in [9.17, 15) is 9.59 Å². The molecule has 1 amide bonds. The van der Waals surface area contributed by atoms with Gasteiger partial charge in [0.25, 0.3) is 0 Å². The number of carbonyl (C=O) groups excluding carboxylic acids is 2. The Morgan fingerprint density at radius 2 is 2.03 bits per heavy atom. The molecule has 1 aliphatic rings. The number of benzene rings is 1. The molecule has 8 nitrogen and oxygen atoms in total. The highest BCUT2D eigenvalue weighted by Gasteiger charge is 2.27. The van der Waals surface area contributed by atoms with Gasteiger partial charge < -0.3 is 23.8 Å². The summed E-state index contributed by atoms with van der Waals surface area (Å²) in [5.74, 6) is 0.964. The number of aromatic nitrogens is 1. The van der Waals surface area contributed by atoms with E-state index in [0.29, 0.717) is 42.5 Å². The molecule has 166 valence electrons. The number of nitrogens with zero attached hydrogens (tertiary/aromatic N) is 2. The Morgan fingerprint density at radius 3 is 2.71 bits per heavy atom. The summed E-state index contributed by atoms with van der Waals surface area (Å²) >= 11 is 3.37. The number of methoxy groups -OCH3 is 2. The maximum absolute atomic E-state index is 12.7. The van der Waals surface area contributed by atoms with Crippen LogP contribution in [0.1, 0.15) is 22.8 Å². The number of hydrogen-bond donors (Lipinski definition) is 0. The zero-order valence-electron chi connectivity index (χ0n) is 17.7. The van der Waals surface area contributed by atoms with Crippen molar-refractivity contribution in [3.8, 4) is 17.2 Å². The number of pyridine rings is 1. The standard InChI is InChI=1S/C22H25BrN2O6/c1-14(26)18-4-5-19(28-2)22(29-3)21(18)31-13-17-12-25(6-7-30-17)20(27)9-15-8-16(23)11-24-10-15/h4-5,8,10-11,17H,6-7,9,12-13H2,1-3H3. The highest BCUT2D eigenvalue weighted by Crippen LogP contribution is 2.40. The van der Waals surface area contributed by atoms with E-state index < -0.39 is 0 Å². The van der Waals surface area contributed by atoms with Crippen LogP contribution in [-0.2, 0) is 16.0 Å². The molecule has 1 atom stereocenters. The second-order valence-electron chi connectivity index (χ2n) is 7.07. The Kier molecular flexibility index (Phi) is 7.86. The molecule has 3 rings (SSSR count). The summed E-state index contributed by atoms with van der Waals surface area (Å²) in [7, 11) is 3.01. The minimum atomic E-state index is -0.339. The van der Waals surface area contributed by atoms with Gasteiger partial charge in [-0.25, -0.2) is 0 Å². The molecule has 0 bridgehead atoms. The monoisotopic (exact) mass is 492 g/mol. The zero-order chi connectivity index (χ0) is 22.4. The number of hydrogen-bond acceptors (Lipinski definition) is 7. The van der Waals surface area contributed by atoms with Crippen molar-refractivity contribution in [2.24, 2.45) is 0 Å². The fraction of sp³-hybridized carbons (Fsp3) is 0.409. The van der Waals surface area contributed by atoms with E-state index in [2.05, 4.69) is 20.9 Å². The first-order valence-electron chi connectivity index (χ1n) is 9.80. The van der Waals surface area contributed by atoms with Crippen LogP contribution in [0.25, 0.3) is 0 Å². The third kappa shape index (κ3) is 5.74. The van der Waals surface area contributed by atoms with Gasteiger partial charge in [0.15, 0.2) is 17.3 Å². The molecule has 0 aliphatic carbocycles. The molecule has 31 heavy (non-hydrogen) atoms. The van der Waals surface area contributed by atoms with Gasteiger partial charge in [-0.2, -0.15) is 0 Å². The van der Waals surface area contributed by atoms with Crippen molar-refractivity contribution >= 4 is 27.6 Å². The van der Waals surface area contributed by atoms with Gasteiger partial charge in [-0.05, 0) is 46.6 Å². The molecular formula is C22H25BrN2O6. The summed E-state index contributed by atoms with van der Waals surface area (Å²) in [6, 6.07) is 5.18. The predicted octanol–water partition coefficient (Wildman–Crippen LogP) is 2.91. The van der Waals surface area contributed by atoms with Gasteiger partial charge in [0.05, 0.1) is 39.4 Å². The number of amides is 1. The normalized spacial score (nSPS) is 16.0. The number of rotatable bonds is 8. The molecule has 1 aromatic heterocycles. The number of halogens is 1. The van der Waals surface area contributed by atoms with Gasteiger partial charge in [-0.1, -0.05) is 0 Å². The SMILES string of the molecule is COc1ccc(C(C)=O)c(OCC2CN(C(=O)Cc3cncc(Br)c3)CCO2)c1OC. The van der Waals surface area contributed by atoms with Crippen molar-refractivity contribution in [3.63, 3.8) is 0 Å². The molecule has 9 heteroatoms. The van der Waals surface area contributed by atoms with Crippen LogP contribution in [0.15, 0.2) is 35.1 Å². The average molecular weight is 493 g/mol. The lowest BCUT2D eigenvalue weighted by atomic mass is 10.1. The lowest BCUT2D eigenvalue weighted by molar-refractivity contribution is -0.139. The summed E-state index contributed by atoms with van der Waals surface area (Å²) in [6.07, 6.45) is 3.28. The average Bonchev–Trinajstić information content (AvgIpc) is 2.76. The van der Waals surface area contributed by atoms with Crippen LogP contribution >= 0.6 is 15.9 Å². The smallest absolute Gasteiger partial charge is 0.227 e. The van der Waals surface area contributed by atoms with Gasteiger partial charge in [-0.3, -0.25) is 14.6 Å². The van der Waals surface area contributed by atoms with Crippen LogP contribution in [0, 0.1) is 0 Å². The van der Waals surface area contributed by atoms with Crippen LogP contribution < -0.4 is 14.2 Å². The number of Topliss-reactive ketones (excluding diaryl/α,β-unsaturated/α-hetero) is 1. The van der Waals surface area contributed by atoms with Crippen LogP contribution in [0.2, 0.25) is 0 Å². The number of morpholine rings is 1. The van der Waals surface area contributed by atoms with Gasteiger partial charge in [-0.15, -0.1) is 0 Å². The van der Waals surface area contributed by atoms with Crippen LogP contribution in [0.4, 0.5) is 0 Å². The van der Waals surface area contributed by atoms with Gasteiger partial charge in [0, 0.05) is 23.4 Å². The van der Waals surface area contributed by atoms with Crippen LogP contribution in [0.3, 0.4) is 0 Å². The van der Waals surface area contributed by atoms with E-state index in [0.717, 1.165) is 10.0 Å². The minimum Gasteiger partial charge on any atom is -0.493 e. The quantitative estimate of drug-likeness (QED) is 0.523. The number of ketones is 1. The van der Waals surface area contributed by atoms with Crippen LogP contribution in [0.5, 0.6) is 17.2 Å². The summed E-state index contributed by atoms with van der Waals surface area (Å²) in [6.45, 7) is 2.93. The van der Waals surface area contributed by atoms with E-state index >= 15 is 0 Å². The molecule has 2 heterocycles. The third-order valence-electron chi connectivity index (χ3n) is 4.90. The highest BCUT2D eigenvalue weighted by molar-refractivity contribution is 9.10. The fourth-order valence-electron chi connectivity index (χ4n) is 3.38. The van der Waals surface area contributed by atoms with E-state index in [1.54, 1.807) is 29.4 Å². The molecule has 1 aliphatic heterocycles. The third-order valence-corrected chi connectivity index (χ3v) is 5.33. The Bertz CT molecular complexity index is 952. The Morgan fingerprint density at radius 1 is 1.23 bits per heavy atom. The van der Waals surface area contributed by atoms with Gasteiger partial charge >= 0.3 is 0 Å². The van der Waals surface area contributed by atoms with Crippen LogP contribution in [-0.4, -0.2) is 68.2 Å². The maximum atomic E-state index is 12.7. The second kappa shape index (κ2) is 10.6. The molecular weight excluding hydrogens is 468 g/mol. The number of carbonyl (C=O) groups is 2. The molecule has 1 fully saturated rings. The fourth-order valence-corrected chi connectivity index (χ4v) is 3.79. The summed E-state index contributed by atoms with van der Waals surface area (Å²) < 4.78 is 23.3. The molecule has 0 spiro atoms. The largest absolute Gasteiger partial charge is 0.493 e. The Balaban J connectivity index is 1.67. The lowest BCUT2D eigenvalue weighted by Crippen LogP contribution is -2.48. The molecule has 1 saturated heterocycles. The summed E-state index contributed by atoms with van der Waals surface area (Å²) in [4.78, 5) is 30.6. The highest BCUT2D eigenvalue weighted by atomic mass is 79.9. The van der Waals surface area contributed by atoms with Crippen molar-refractivity contribution in [1.82, 2.24) is 9.88 Å². The van der Waals surface area contributed by atoms with Gasteiger partial charge in [0.2, 0.25) is 11.7 Å². The molecule has 0 radical (unpaired) electrons. The van der Waals surface area contributed by atoms with E-state index in [1.165, 1.54) is 21.1 Å². The van der Waals surface area contributed by atoms with E-state index in [4.69, 9.17) is 18.9 Å².